The SMILES string of the molecule is CCCC(NC)C(CC)N(CCC)C(C)C. The lowest BCUT2D eigenvalue weighted by molar-refractivity contribution is 0.115. The van der Waals surface area contributed by atoms with Gasteiger partial charge in [-0.2, -0.15) is 0 Å². The van der Waals surface area contributed by atoms with Crippen LogP contribution in [-0.4, -0.2) is 36.6 Å². The normalized spacial score (nSPS) is 15.8. The number of hydrogen-bond donors (Lipinski definition) is 1. The van der Waals surface area contributed by atoms with Crippen LogP contribution in [0, 0.1) is 0 Å². The zero-order chi connectivity index (χ0) is 12.6. The van der Waals surface area contributed by atoms with E-state index in [9.17, 15) is 0 Å². The molecule has 0 aromatic carbocycles. The third-order valence-electron chi connectivity index (χ3n) is 3.42. The zero-order valence-electron chi connectivity index (χ0n) is 12.2. The highest BCUT2D eigenvalue weighted by atomic mass is 15.2. The molecule has 0 aromatic rings. The lowest BCUT2D eigenvalue weighted by Crippen LogP contribution is -2.51. The quantitative estimate of drug-likeness (QED) is 0.651. The van der Waals surface area contributed by atoms with Gasteiger partial charge in [-0.15, -0.1) is 0 Å². The van der Waals surface area contributed by atoms with Crippen LogP contribution in [0.5, 0.6) is 0 Å². The second-order valence-corrected chi connectivity index (χ2v) is 4.99. The number of nitrogens with zero attached hydrogens (tertiary/aromatic N) is 1. The van der Waals surface area contributed by atoms with Gasteiger partial charge in [-0.1, -0.05) is 27.2 Å². The highest BCUT2D eigenvalue weighted by molar-refractivity contribution is 4.84. The molecule has 0 aliphatic carbocycles. The minimum atomic E-state index is 0.643. The first-order valence-corrected chi connectivity index (χ1v) is 7.05. The van der Waals surface area contributed by atoms with E-state index in [2.05, 4.69) is 51.9 Å². The number of nitrogens with one attached hydrogen (secondary N) is 1. The van der Waals surface area contributed by atoms with Crippen LogP contribution in [0.4, 0.5) is 0 Å². The molecule has 2 atom stereocenters. The van der Waals surface area contributed by atoms with E-state index < -0.39 is 0 Å². The van der Waals surface area contributed by atoms with E-state index in [0.717, 1.165) is 0 Å². The van der Waals surface area contributed by atoms with E-state index in [4.69, 9.17) is 0 Å². The Morgan fingerprint density at radius 1 is 1.06 bits per heavy atom. The molecular formula is C14H32N2. The van der Waals surface area contributed by atoms with E-state index in [1.165, 1.54) is 32.2 Å². The lowest BCUT2D eigenvalue weighted by atomic mass is 9.98. The first kappa shape index (κ1) is 15.9. The molecule has 2 unspecified atom stereocenters. The molecule has 0 aliphatic heterocycles. The molecule has 0 heterocycles. The largest absolute Gasteiger partial charge is 0.315 e. The molecular weight excluding hydrogens is 196 g/mol. The molecule has 1 N–H and O–H groups in total. The molecule has 0 rings (SSSR count). The summed E-state index contributed by atoms with van der Waals surface area (Å²) in [6.45, 7) is 12.7. The first-order chi connectivity index (χ1) is 7.62. The summed E-state index contributed by atoms with van der Waals surface area (Å²) in [5.74, 6) is 0. The molecule has 0 amide bonds. The highest BCUT2D eigenvalue weighted by Crippen LogP contribution is 2.16. The van der Waals surface area contributed by atoms with Crippen molar-refractivity contribution >= 4 is 0 Å². The molecule has 0 radical (unpaired) electrons. The number of hydrogen-bond acceptors (Lipinski definition) is 2. The van der Waals surface area contributed by atoms with Gasteiger partial charge in [0.05, 0.1) is 0 Å². The fourth-order valence-electron chi connectivity index (χ4n) is 2.66. The molecule has 0 spiro atoms. The maximum absolute atomic E-state index is 3.51. The summed E-state index contributed by atoms with van der Waals surface area (Å²) in [7, 11) is 2.10. The molecule has 98 valence electrons. The van der Waals surface area contributed by atoms with E-state index >= 15 is 0 Å². The van der Waals surface area contributed by atoms with E-state index in [0.29, 0.717) is 18.1 Å². The summed E-state index contributed by atoms with van der Waals surface area (Å²) < 4.78 is 0. The molecule has 2 heteroatoms. The molecule has 0 bridgehead atoms. The molecule has 0 fully saturated rings. The smallest absolute Gasteiger partial charge is 0.0249 e. The molecule has 2 nitrogen and oxygen atoms in total. The van der Waals surface area contributed by atoms with Crippen molar-refractivity contribution in [2.24, 2.45) is 0 Å². The summed E-state index contributed by atoms with van der Waals surface area (Å²) in [5.41, 5.74) is 0. The van der Waals surface area contributed by atoms with Gasteiger partial charge in [-0.05, 0) is 46.7 Å². The van der Waals surface area contributed by atoms with E-state index in [1.54, 1.807) is 0 Å². The van der Waals surface area contributed by atoms with Crippen molar-refractivity contribution < 1.29 is 0 Å². The third-order valence-corrected chi connectivity index (χ3v) is 3.42. The topological polar surface area (TPSA) is 15.3 Å². The van der Waals surface area contributed by atoms with Crippen molar-refractivity contribution in [3.8, 4) is 0 Å². The monoisotopic (exact) mass is 228 g/mol. The summed E-state index contributed by atoms with van der Waals surface area (Å²) in [6.07, 6.45) is 5.03. The van der Waals surface area contributed by atoms with E-state index in [1.807, 2.05) is 0 Å². The third kappa shape index (κ3) is 4.84. The lowest BCUT2D eigenvalue weighted by Gasteiger charge is -2.39. The second kappa shape index (κ2) is 9.00. The van der Waals surface area contributed by atoms with Gasteiger partial charge in [0.25, 0.3) is 0 Å². The van der Waals surface area contributed by atoms with Crippen LogP contribution in [0.2, 0.25) is 0 Å². The Bertz CT molecular complexity index is 157. The van der Waals surface area contributed by atoms with Crippen LogP contribution < -0.4 is 5.32 Å². The Labute approximate surface area is 103 Å². The van der Waals surface area contributed by atoms with Gasteiger partial charge in [0, 0.05) is 18.1 Å². The van der Waals surface area contributed by atoms with Gasteiger partial charge < -0.3 is 5.32 Å². The maximum atomic E-state index is 3.51. The maximum Gasteiger partial charge on any atom is 0.0249 e. The molecule has 0 aliphatic rings. The Morgan fingerprint density at radius 3 is 2.00 bits per heavy atom. The number of likely N-dealkylation sites (N-methyl/N-ethyl adjacent to an activating group) is 1. The summed E-state index contributed by atoms with van der Waals surface area (Å²) in [6, 6.07) is 1.98. The van der Waals surface area contributed by atoms with Crippen molar-refractivity contribution in [3.63, 3.8) is 0 Å². The predicted molar refractivity (Wildman–Crippen MR) is 74.0 cm³/mol. The van der Waals surface area contributed by atoms with Gasteiger partial charge in [-0.25, -0.2) is 0 Å². The first-order valence-electron chi connectivity index (χ1n) is 7.05. The van der Waals surface area contributed by atoms with Crippen molar-refractivity contribution in [1.82, 2.24) is 10.2 Å². The van der Waals surface area contributed by atoms with E-state index in [-0.39, 0.29) is 0 Å². The van der Waals surface area contributed by atoms with Crippen LogP contribution in [-0.2, 0) is 0 Å². The average molecular weight is 228 g/mol. The van der Waals surface area contributed by atoms with Gasteiger partial charge in [0.15, 0.2) is 0 Å². The van der Waals surface area contributed by atoms with Gasteiger partial charge >= 0.3 is 0 Å². The Balaban J connectivity index is 4.60. The minimum absolute atomic E-state index is 0.643. The minimum Gasteiger partial charge on any atom is -0.315 e. The Hall–Kier alpha value is -0.0800. The fourth-order valence-corrected chi connectivity index (χ4v) is 2.66. The summed E-state index contributed by atoms with van der Waals surface area (Å²) in [5, 5.41) is 3.51. The van der Waals surface area contributed by atoms with Crippen LogP contribution in [0.3, 0.4) is 0 Å². The van der Waals surface area contributed by atoms with Gasteiger partial charge in [-0.3, -0.25) is 4.90 Å². The van der Waals surface area contributed by atoms with Crippen LogP contribution in [0.1, 0.15) is 60.3 Å². The molecule has 0 aromatic heterocycles. The molecule has 16 heavy (non-hydrogen) atoms. The predicted octanol–water partition coefficient (Wildman–Crippen LogP) is 3.27. The second-order valence-electron chi connectivity index (χ2n) is 4.99. The van der Waals surface area contributed by atoms with Gasteiger partial charge in [0.2, 0.25) is 0 Å². The zero-order valence-corrected chi connectivity index (χ0v) is 12.2. The fraction of sp³-hybridized carbons (Fsp3) is 1.00. The van der Waals surface area contributed by atoms with Crippen molar-refractivity contribution in [2.75, 3.05) is 13.6 Å². The highest BCUT2D eigenvalue weighted by Gasteiger charge is 2.25. The van der Waals surface area contributed by atoms with Crippen molar-refractivity contribution in [3.05, 3.63) is 0 Å². The molecule has 0 saturated carbocycles. The average Bonchev–Trinajstić information content (AvgIpc) is 2.27. The van der Waals surface area contributed by atoms with Crippen LogP contribution >= 0.6 is 0 Å². The number of rotatable bonds is 9. The van der Waals surface area contributed by atoms with Crippen LogP contribution in [0.15, 0.2) is 0 Å². The van der Waals surface area contributed by atoms with Gasteiger partial charge in [0.1, 0.15) is 0 Å². The Kier molecular flexibility index (Phi) is 8.96. The van der Waals surface area contributed by atoms with Crippen molar-refractivity contribution in [2.45, 2.75) is 78.4 Å². The Morgan fingerprint density at radius 2 is 1.69 bits per heavy atom. The summed E-state index contributed by atoms with van der Waals surface area (Å²) in [4.78, 5) is 2.66. The molecule has 0 saturated heterocycles. The standard InChI is InChI=1S/C14H32N2/c1-7-10-13(15-6)14(9-3)16(11-8-2)12(4)5/h12-15H,7-11H2,1-6H3. The van der Waals surface area contributed by atoms with Crippen molar-refractivity contribution in [1.29, 1.82) is 0 Å². The summed E-state index contributed by atoms with van der Waals surface area (Å²) >= 11 is 0. The van der Waals surface area contributed by atoms with Crippen LogP contribution in [0.25, 0.3) is 0 Å².